The third kappa shape index (κ3) is 2.74. The molecule has 0 bridgehead atoms. The zero-order valence-corrected chi connectivity index (χ0v) is 9.41. The molecule has 0 aliphatic rings. The van der Waals surface area contributed by atoms with Gasteiger partial charge in [0.25, 0.3) is 0 Å². The summed E-state index contributed by atoms with van der Waals surface area (Å²) < 4.78 is 161. The minimum absolute atomic E-state index is 2.38. The highest BCUT2D eigenvalue weighted by molar-refractivity contribution is 5.08. The number of alkyl halides is 13. The van der Waals surface area contributed by atoms with Crippen molar-refractivity contribution < 1.29 is 57.1 Å². The highest BCUT2D eigenvalue weighted by Crippen LogP contribution is 2.58. The summed E-state index contributed by atoms with van der Waals surface area (Å²) in [5.74, 6) is -35.5. The van der Waals surface area contributed by atoms with Crippen molar-refractivity contribution in [2.45, 2.75) is 42.5 Å². The average molecular weight is 348 g/mol. The van der Waals surface area contributed by atoms with Gasteiger partial charge in [-0.25, -0.2) is 8.78 Å². The molecule has 0 aliphatic carbocycles. The normalized spacial score (nSPS) is 15.7. The van der Waals surface area contributed by atoms with Crippen LogP contribution in [-0.2, 0) is 0 Å². The number of hydrogen-bond donors (Lipinski definition) is 0. The maximum atomic E-state index is 12.7. The van der Waals surface area contributed by atoms with Crippen molar-refractivity contribution in [3.05, 3.63) is 0 Å². The smallest absolute Gasteiger partial charge is 0.251 e. The molecule has 0 aromatic heterocycles. The molecule has 0 unspecified atom stereocenters. The topological polar surface area (TPSA) is 0 Å². The second-order valence-corrected chi connectivity index (χ2v) is 3.79. The molecule has 0 radical (unpaired) electrons. The fraction of sp³-hybridized carbons (Fsp3) is 1.00. The highest BCUT2D eigenvalue weighted by Gasteiger charge is 2.87. The average Bonchev–Trinajstić information content (AvgIpc) is 2.27. The van der Waals surface area contributed by atoms with Gasteiger partial charge >= 0.3 is 36.0 Å². The van der Waals surface area contributed by atoms with Gasteiger partial charge < -0.3 is 0 Å². The van der Waals surface area contributed by atoms with E-state index in [9.17, 15) is 57.1 Å². The monoisotopic (exact) mass is 348 g/mol. The lowest BCUT2D eigenvalue weighted by Gasteiger charge is -2.39. The van der Waals surface area contributed by atoms with Crippen LogP contribution in [0, 0.1) is 0 Å². The summed E-state index contributed by atoms with van der Waals surface area (Å²) in [7, 11) is 0. The van der Waals surface area contributed by atoms with Crippen LogP contribution in [0.25, 0.3) is 0 Å². The second-order valence-electron chi connectivity index (χ2n) is 3.79. The van der Waals surface area contributed by atoms with Crippen molar-refractivity contribution in [2.24, 2.45) is 0 Å². The molecule has 0 saturated carbocycles. The zero-order chi connectivity index (χ0) is 17.5. The van der Waals surface area contributed by atoms with Gasteiger partial charge in [-0.05, 0) is 0 Å². The van der Waals surface area contributed by atoms with E-state index in [2.05, 4.69) is 0 Å². The molecule has 0 nitrogen and oxygen atoms in total. The summed E-state index contributed by atoms with van der Waals surface area (Å²) in [6.45, 7) is -2.38. The van der Waals surface area contributed by atoms with E-state index in [1.165, 1.54) is 0 Å². The van der Waals surface area contributed by atoms with Gasteiger partial charge in [0.2, 0.25) is 0 Å². The lowest BCUT2D eigenvalue weighted by atomic mass is 9.93. The van der Waals surface area contributed by atoms with Crippen molar-refractivity contribution in [3.63, 3.8) is 0 Å². The molecular formula is C8H5F13. The van der Waals surface area contributed by atoms with Crippen LogP contribution in [-0.4, -0.2) is 42.7 Å². The van der Waals surface area contributed by atoms with Crippen LogP contribution in [0.4, 0.5) is 57.1 Å². The predicted octanol–water partition coefficient (Wildman–Crippen LogP) is 4.79. The van der Waals surface area contributed by atoms with Gasteiger partial charge in [0.15, 0.2) is 0 Å². The third-order valence-electron chi connectivity index (χ3n) is 2.35. The lowest BCUT2D eigenvalue weighted by molar-refractivity contribution is -0.413. The lowest BCUT2D eigenvalue weighted by Crippen LogP contribution is -2.68. The van der Waals surface area contributed by atoms with Crippen LogP contribution in [0.2, 0.25) is 0 Å². The Morgan fingerprint density at radius 1 is 0.619 bits per heavy atom. The molecule has 21 heavy (non-hydrogen) atoms. The van der Waals surface area contributed by atoms with E-state index in [4.69, 9.17) is 0 Å². The number of halogens is 13. The third-order valence-corrected chi connectivity index (χ3v) is 2.35. The molecule has 13 heteroatoms. The van der Waals surface area contributed by atoms with Crippen LogP contribution >= 0.6 is 0 Å². The molecule has 0 aliphatic heterocycles. The standard InChI is InChI=1S/C8H5F13/c9-2-1-4(12,13)6(16,17)8(20,21)7(18,19)5(14,15)3(10)11/h3H,1-2H2. The molecule has 0 aromatic carbocycles. The van der Waals surface area contributed by atoms with E-state index in [0.717, 1.165) is 0 Å². The Hall–Kier alpha value is -0.910. The molecular weight excluding hydrogens is 343 g/mol. The summed E-state index contributed by atoms with van der Waals surface area (Å²) in [5.41, 5.74) is 0. The molecule has 0 rings (SSSR count). The Labute approximate surface area is 107 Å². The maximum Gasteiger partial charge on any atom is 0.384 e. The van der Waals surface area contributed by atoms with E-state index in [1.807, 2.05) is 0 Å². The van der Waals surface area contributed by atoms with E-state index in [-0.39, 0.29) is 0 Å². The fourth-order valence-corrected chi connectivity index (χ4v) is 1.05. The Balaban J connectivity index is 5.96. The summed E-state index contributed by atoms with van der Waals surface area (Å²) in [6.07, 6.45) is -8.24. The first kappa shape index (κ1) is 20.1. The van der Waals surface area contributed by atoms with Crippen molar-refractivity contribution >= 4 is 0 Å². The molecule has 0 saturated heterocycles. The molecule has 0 atom stereocenters. The van der Waals surface area contributed by atoms with Crippen LogP contribution in [0.1, 0.15) is 6.42 Å². The van der Waals surface area contributed by atoms with E-state index in [0.29, 0.717) is 0 Å². The molecule has 0 spiro atoms. The largest absolute Gasteiger partial charge is 0.384 e. The minimum atomic E-state index is -7.57. The van der Waals surface area contributed by atoms with Crippen molar-refractivity contribution in [3.8, 4) is 0 Å². The predicted molar refractivity (Wildman–Crippen MR) is 41.3 cm³/mol. The second kappa shape index (κ2) is 5.38. The first-order chi connectivity index (χ1) is 9.00. The molecule has 0 fully saturated rings. The van der Waals surface area contributed by atoms with Crippen LogP contribution in [0.5, 0.6) is 0 Å². The molecule has 128 valence electrons. The van der Waals surface area contributed by atoms with Gasteiger partial charge in [-0.3, -0.25) is 4.39 Å². The van der Waals surface area contributed by atoms with Crippen LogP contribution in [0.15, 0.2) is 0 Å². The first-order valence-corrected chi connectivity index (χ1v) is 4.74. The summed E-state index contributed by atoms with van der Waals surface area (Å²) >= 11 is 0. The van der Waals surface area contributed by atoms with Crippen molar-refractivity contribution in [1.82, 2.24) is 0 Å². The van der Waals surface area contributed by atoms with Gasteiger partial charge in [0.05, 0.1) is 6.67 Å². The van der Waals surface area contributed by atoms with Gasteiger partial charge in [-0.2, -0.15) is 43.9 Å². The fourth-order valence-electron chi connectivity index (χ4n) is 1.05. The van der Waals surface area contributed by atoms with Gasteiger partial charge in [0.1, 0.15) is 0 Å². The molecule has 0 amide bonds. The minimum Gasteiger partial charge on any atom is -0.251 e. The van der Waals surface area contributed by atoms with Gasteiger partial charge in [-0.15, -0.1) is 0 Å². The SMILES string of the molecule is FCCC(F)(F)C(F)(F)C(F)(F)C(F)(F)C(F)(F)C(F)F. The highest BCUT2D eigenvalue weighted by atomic mass is 19.4. The van der Waals surface area contributed by atoms with Crippen molar-refractivity contribution in [2.75, 3.05) is 6.67 Å². The van der Waals surface area contributed by atoms with Gasteiger partial charge in [-0.1, -0.05) is 0 Å². The maximum absolute atomic E-state index is 12.7. The molecule has 0 N–H and O–H groups in total. The Bertz CT molecular complexity index is 357. The van der Waals surface area contributed by atoms with Crippen LogP contribution in [0.3, 0.4) is 0 Å². The summed E-state index contributed by atoms with van der Waals surface area (Å²) in [5, 5.41) is 0. The summed E-state index contributed by atoms with van der Waals surface area (Å²) in [4.78, 5) is 0. The first-order valence-electron chi connectivity index (χ1n) is 4.74. The van der Waals surface area contributed by atoms with E-state index in [1.54, 1.807) is 0 Å². The number of hydrogen-bond acceptors (Lipinski definition) is 0. The van der Waals surface area contributed by atoms with Crippen molar-refractivity contribution in [1.29, 1.82) is 0 Å². The summed E-state index contributed by atoms with van der Waals surface area (Å²) in [6, 6.07) is 0. The Kier molecular flexibility index (Phi) is 5.14. The number of rotatable bonds is 7. The van der Waals surface area contributed by atoms with E-state index >= 15 is 0 Å². The Morgan fingerprint density at radius 3 is 1.29 bits per heavy atom. The van der Waals surface area contributed by atoms with Crippen LogP contribution < -0.4 is 0 Å². The molecule has 0 heterocycles. The quantitative estimate of drug-likeness (QED) is 0.581. The Morgan fingerprint density at radius 2 is 1.00 bits per heavy atom. The zero-order valence-electron chi connectivity index (χ0n) is 9.41. The molecule has 0 aromatic rings. The van der Waals surface area contributed by atoms with Gasteiger partial charge in [0, 0.05) is 6.42 Å². The van der Waals surface area contributed by atoms with E-state index < -0.39 is 49.1 Å².